The monoisotopic (exact) mass is 526 g/mol. The Morgan fingerprint density at radius 3 is 2.47 bits per heavy atom. The van der Waals surface area contributed by atoms with Crippen LogP contribution in [0, 0.1) is 46.3 Å². The molecule has 0 aromatic carbocycles. The first-order chi connectivity index (χ1) is 17.8. The molecule has 2 saturated carbocycles. The van der Waals surface area contributed by atoms with Crippen LogP contribution in [-0.4, -0.2) is 36.7 Å². The van der Waals surface area contributed by atoms with E-state index in [1.54, 1.807) is 0 Å². The molecule has 0 N–H and O–H groups in total. The van der Waals surface area contributed by atoms with Gasteiger partial charge in [-0.15, -0.1) is 0 Å². The molecule has 6 heteroatoms. The van der Waals surface area contributed by atoms with Crippen molar-refractivity contribution in [3.8, 4) is 0 Å². The second-order valence-corrected chi connectivity index (χ2v) is 13.2. The maximum atomic E-state index is 14.1. The number of hydrogen-bond donors (Lipinski definition) is 0. The molecule has 4 aliphatic carbocycles. The molecule has 0 bridgehead atoms. The Morgan fingerprint density at radius 2 is 1.84 bits per heavy atom. The van der Waals surface area contributed by atoms with Gasteiger partial charge in [0.25, 0.3) is 0 Å². The fraction of sp³-hybridized carbons (Fsp3) is 0.750. The molecule has 9 atom stereocenters. The van der Waals surface area contributed by atoms with Gasteiger partial charge in [0.15, 0.2) is 5.78 Å². The third-order valence-electron chi connectivity index (χ3n) is 11.2. The van der Waals surface area contributed by atoms with Crippen LogP contribution in [0.5, 0.6) is 0 Å². The lowest BCUT2D eigenvalue weighted by molar-refractivity contribution is -0.150. The highest BCUT2D eigenvalue weighted by Gasteiger charge is 2.62. The van der Waals surface area contributed by atoms with Gasteiger partial charge in [-0.05, 0) is 80.1 Å². The summed E-state index contributed by atoms with van der Waals surface area (Å²) in [4.78, 5) is 51.0. The lowest BCUT2D eigenvalue weighted by atomic mass is 9.48. The Morgan fingerprint density at radius 1 is 1.16 bits per heavy atom. The van der Waals surface area contributed by atoms with Crippen LogP contribution in [0.15, 0.2) is 23.3 Å². The number of esters is 2. The van der Waals surface area contributed by atoms with Crippen LogP contribution in [0.1, 0.15) is 92.9 Å². The van der Waals surface area contributed by atoms with Gasteiger partial charge in [-0.3, -0.25) is 19.2 Å². The molecule has 0 aromatic heterocycles. The second-order valence-electron chi connectivity index (χ2n) is 13.2. The highest BCUT2D eigenvalue weighted by molar-refractivity contribution is 6.00. The molecule has 4 rings (SSSR count). The minimum absolute atomic E-state index is 0.0130. The van der Waals surface area contributed by atoms with Crippen molar-refractivity contribution in [1.82, 2.24) is 0 Å². The number of allylic oxidation sites excluding steroid dienone is 1. The van der Waals surface area contributed by atoms with E-state index >= 15 is 0 Å². The fourth-order valence-electron chi connectivity index (χ4n) is 8.96. The summed E-state index contributed by atoms with van der Waals surface area (Å²) < 4.78 is 10.8. The van der Waals surface area contributed by atoms with E-state index in [9.17, 15) is 19.2 Å². The van der Waals surface area contributed by atoms with Crippen LogP contribution >= 0.6 is 0 Å². The van der Waals surface area contributed by atoms with Gasteiger partial charge in [0.05, 0.1) is 13.0 Å². The molecule has 0 spiro atoms. The number of ketones is 2. The Bertz CT molecular complexity index is 1070. The van der Waals surface area contributed by atoms with E-state index in [0.717, 1.165) is 42.4 Å². The number of carbonyl (C=O) groups excluding carboxylic acids is 4. The van der Waals surface area contributed by atoms with Crippen molar-refractivity contribution in [2.75, 3.05) is 7.11 Å². The summed E-state index contributed by atoms with van der Waals surface area (Å²) in [6.07, 6.45) is 5.54. The summed E-state index contributed by atoms with van der Waals surface area (Å²) in [5.41, 5.74) is 2.29. The van der Waals surface area contributed by atoms with Crippen molar-refractivity contribution in [3.05, 3.63) is 23.3 Å². The van der Waals surface area contributed by atoms with E-state index in [1.807, 2.05) is 13.8 Å². The lowest BCUT2D eigenvalue weighted by Gasteiger charge is -2.56. The van der Waals surface area contributed by atoms with E-state index in [4.69, 9.17) is 9.47 Å². The Kier molecular flexibility index (Phi) is 7.86. The van der Waals surface area contributed by atoms with Crippen molar-refractivity contribution in [2.24, 2.45) is 46.3 Å². The first-order valence-corrected chi connectivity index (χ1v) is 14.5. The van der Waals surface area contributed by atoms with Crippen molar-refractivity contribution in [2.45, 2.75) is 99.0 Å². The number of ether oxygens (including phenoxy) is 2. The Balaban J connectivity index is 1.65. The van der Waals surface area contributed by atoms with Crippen LogP contribution < -0.4 is 0 Å². The average Bonchev–Trinajstić information content (AvgIpc) is 3.20. The molecule has 0 aliphatic heterocycles. The number of hydrogen-bond acceptors (Lipinski definition) is 6. The molecule has 0 saturated heterocycles. The largest absolute Gasteiger partial charge is 0.469 e. The number of Topliss-reactive ketones (excluding diaryl/α,β-unsaturated/α-hetero) is 2. The second kappa shape index (κ2) is 10.4. The number of fused-ring (bicyclic) bond motifs is 4. The summed E-state index contributed by atoms with van der Waals surface area (Å²) in [6.45, 7) is 16.1. The van der Waals surface area contributed by atoms with Gasteiger partial charge >= 0.3 is 11.9 Å². The zero-order chi connectivity index (χ0) is 28.2. The molecular formula is C32H46O6. The third kappa shape index (κ3) is 4.60. The van der Waals surface area contributed by atoms with Gasteiger partial charge in [-0.25, -0.2) is 0 Å². The van der Waals surface area contributed by atoms with Gasteiger partial charge < -0.3 is 9.47 Å². The predicted molar refractivity (Wildman–Crippen MR) is 145 cm³/mol. The number of carbonyl (C=O) groups is 4. The fourth-order valence-corrected chi connectivity index (χ4v) is 8.96. The van der Waals surface area contributed by atoms with Crippen LogP contribution in [0.25, 0.3) is 0 Å². The molecule has 6 unspecified atom stereocenters. The normalized spacial score (nSPS) is 38.0. The molecule has 6 nitrogen and oxygen atoms in total. The number of methoxy groups -OCH3 is 1. The Labute approximate surface area is 228 Å². The zero-order valence-electron chi connectivity index (χ0n) is 24.4. The van der Waals surface area contributed by atoms with Gasteiger partial charge in [0.2, 0.25) is 0 Å². The van der Waals surface area contributed by atoms with Crippen molar-refractivity contribution in [1.29, 1.82) is 0 Å². The molecular weight excluding hydrogens is 480 g/mol. The first-order valence-electron chi connectivity index (χ1n) is 14.5. The van der Waals surface area contributed by atoms with E-state index in [0.29, 0.717) is 37.5 Å². The molecule has 4 aliphatic rings. The first kappa shape index (κ1) is 28.8. The molecule has 38 heavy (non-hydrogen) atoms. The smallest absolute Gasteiger partial charge is 0.312 e. The quantitative estimate of drug-likeness (QED) is 0.297. The summed E-state index contributed by atoms with van der Waals surface area (Å²) in [5, 5.41) is 0. The average molecular weight is 527 g/mol. The molecule has 2 fully saturated rings. The topological polar surface area (TPSA) is 86.7 Å². The standard InChI is InChI=1S/C32H46O6/c1-17(19(3)30(36)37-8)9-10-18(2)22-11-12-23-28-27(38-21(5)33)15-24-20(4)25(34)13-14-31(24,6)29(28)26(35)16-32(22,23)7/h18-20,22-24,27H,1,9-16H2,2-8H3/t18?,19?,20-,22?,23-,24?,27+,31?,32?/m0/s1. The van der Waals surface area contributed by atoms with E-state index < -0.39 is 6.10 Å². The molecule has 0 amide bonds. The maximum Gasteiger partial charge on any atom is 0.312 e. The highest BCUT2D eigenvalue weighted by Crippen LogP contribution is 2.65. The minimum atomic E-state index is -0.433. The Hall–Kier alpha value is -2.24. The number of rotatable bonds is 7. The van der Waals surface area contributed by atoms with Crippen LogP contribution in [-0.2, 0) is 28.7 Å². The molecule has 0 radical (unpaired) electrons. The zero-order valence-corrected chi connectivity index (χ0v) is 24.4. The summed E-state index contributed by atoms with van der Waals surface area (Å²) in [6, 6.07) is 0. The van der Waals surface area contributed by atoms with Crippen molar-refractivity contribution < 1.29 is 28.7 Å². The molecule has 210 valence electrons. The summed E-state index contributed by atoms with van der Waals surface area (Å²) in [5.74, 6) is 0.293. The van der Waals surface area contributed by atoms with E-state index in [1.165, 1.54) is 14.0 Å². The van der Waals surface area contributed by atoms with Crippen molar-refractivity contribution >= 4 is 23.5 Å². The predicted octanol–water partition coefficient (Wildman–Crippen LogP) is 6.03. The maximum absolute atomic E-state index is 14.1. The molecule has 0 heterocycles. The van der Waals surface area contributed by atoms with Gasteiger partial charge in [0, 0.05) is 36.7 Å². The van der Waals surface area contributed by atoms with Crippen LogP contribution in [0.2, 0.25) is 0 Å². The van der Waals surface area contributed by atoms with Gasteiger partial charge in [-0.1, -0.05) is 39.8 Å². The van der Waals surface area contributed by atoms with Crippen LogP contribution in [0.4, 0.5) is 0 Å². The highest BCUT2D eigenvalue weighted by atomic mass is 16.5. The molecule has 0 aromatic rings. The van der Waals surface area contributed by atoms with Crippen molar-refractivity contribution in [3.63, 3.8) is 0 Å². The lowest BCUT2D eigenvalue weighted by Crippen LogP contribution is -2.54. The van der Waals surface area contributed by atoms with Crippen LogP contribution in [0.3, 0.4) is 0 Å². The minimum Gasteiger partial charge on any atom is -0.469 e. The van der Waals surface area contributed by atoms with Gasteiger partial charge in [-0.2, -0.15) is 0 Å². The summed E-state index contributed by atoms with van der Waals surface area (Å²) in [7, 11) is 1.40. The third-order valence-corrected chi connectivity index (χ3v) is 11.2. The van der Waals surface area contributed by atoms with Gasteiger partial charge in [0.1, 0.15) is 11.9 Å². The van der Waals surface area contributed by atoms with E-state index in [2.05, 4.69) is 27.4 Å². The van der Waals surface area contributed by atoms with E-state index in [-0.39, 0.29) is 58.0 Å². The summed E-state index contributed by atoms with van der Waals surface area (Å²) >= 11 is 0. The SMILES string of the molecule is C=C(CCC(C)C1CC[C@H]2C3=C(C(=O)CC12C)C1(C)CCC(=O)[C@@H](C)C1C[C@H]3OC(C)=O)C(C)C(=O)OC.